The Balaban J connectivity index is 2.14. The quantitative estimate of drug-likeness (QED) is 0.884. The van der Waals surface area contributed by atoms with Crippen LogP contribution < -0.4 is 10.5 Å². The number of anilines is 1. The molecule has 0 fully saturated rings. The zero-order valence-corrected chi connectivity index (χ0v) is 12.3. The van der Waals surface area contributed by atoms with Gasteiger partial charge in [-0.05, 0) is 17.7 Å². The van der Waals surface area contributed by atoms with Crippen molar-refractivity contribution in [1.29, 1.82) is 5.26 Å². The highest BCUT2D eigenvalue weighted by molar-refractivity contribution is 6.30. The number of nitrogens with zero attached hydrogens (tertiary/aromatic N) is 3. The van der Waals surface area contributed by atoms with E-state index in [1.54, 1.807) is 19.2 Å². The van der Waals surface area contributed by atoms with Crippen molar-refractivity contribution in [3.63, 3.8) is 0 Å². The number of nitriles is 1. The second kappa shape index (κ2) is 6.97. The molecule has 110 valence electrons. The van der Waals surface area contributed by atoms with Gasteiger partial charge < -0.3 is 15.2 Å². The highest BCUT2D eigenvalue weighted by Gasteiger charge is 2.16. The highest BCUT2D eigenvalue weighted by Crippen LogP contribution is 2.24. The fourth-order valence-corrected chi connectivity index (χ4v) is 2.00. The van der Waals surface area contributed by atoms with Crippen molar-refractivity contribution in [2.45, 2.75) is 13.2 Å². The number of hydrogen-bond donors (Lipinski definition) is 1. The first-order valence-corrected chi connectivity index (χ1v) is 6.66. The van der Waals surface area contributed by atoms with Crippen LogP contribution in [0.5, 0.6) is 5.88 Å². The molecule has 0 aliphatic carbocycles. The average molecular weight is 307 g/mol. The molecule has 2 rings (SSSR count). The lowest BCUT2D eigenvalue weighted by molar-refractivity contribution is 0.183. The number of hydrogen-bond acceptors (Lipinski definition) is 5. The van der Waals surface area contributed by atoms with Gasteiger partial charge in [-0.15, -0.1) is 5.10 Å². The average Bonchev–Trinajstić information content (AvgIpc) is 2.78. The van der Waals surface area contributed by atoms with Crippen LogP contribution in [0.4, 0.5) is 5.82 Å². The summed E-state index contributed by atoms with van der Waals surface area (Å²) in [6.45, 7) is 1.16. The van der Waals surface area contributed by atoms with Crippen molar-refractivity contribution >= 4 is 17.4 Å². The summed E-state index contributed by atoms with van der Waals surface area (Å²) in [5.74, 6) is 0.488. The number of methoxy groups -OCH3 is 1. The molecule has 0 bridgehead atoms. The molecular weight excluding hydrogens is 292 g/mol. The molecule has 0 aliphatic heterocycles. The van der Waals surface area contributed by atoms with E-state index in [2.05, 4.69) is 5.10 Å². The van der Waals surface area contributed by atoms with Crippen molar-refractivity contribution in [2.24, 2.45) is 0 Å². The predicted molar refractivity (Wildman–Crippen MR) is 79.0 cm³/mol. The molecular formula is C14H15ClN4O2. The highest BCUT2D eigenvalue weighted by atomic mass is 35.5. The van der Waals surface area contributed by atoms with Crippen LogP contribution >= 0.6 is 11.6 Å². The van der Waals surface area contributed by atoms with Crippen LogP contribution in [-0.2, 0) is 17.9 Å². The SMILES string of the molecule is COCCn1nc(OCc2cccc(Cl)c2)c(C#N)c1N. The van der Waals surface area contributed by atoms with Gasteiger partial charge in [-0.3, -0.25) is 0 Å². The molecule has 2 aromatic rings. The maximum absolute atomic E-state index is 9.16. The van der Waals surface area contributed by atoms with Crippen LogP contribution in [-0.4, -0.2) is 23.5 Å². The van der Waals surface area contributed by atoms with Gasteiger partial charge >= 0.3 is 0 Å². The largest absolute Gasteiger partial charge is 0.471 e. The molecule has 6 nitrogen and oxygen atoms in total. The zero-order chi connectivity index (χ0) is 15.2. The number of nitrogen functional groups attached to an aromatic ring is 1. The van der Waals surface area contributed by atoms with Crippen LogP contribution in [0.2, 0.25) is 5.02 Å². The summed E-state index contributed by atoms with van der Waals surface area (Å²) in [6, 6.07) is 9.29. The van der Waals surface area contributed by atoms with Crippen molar-refractivity contribution in [2.75, 3.05) is 19.5 Å². The lowest BCUT2D eigenvalue weighted by Crippen LogP contribution is -2.09. The van der Waals surface area contributed by atoms with Crippen molar-refractivity contribution in [3.8, 4) is 11.9 Å². The van der Waals surface area contributed by atoms with Gasteiger partial charge in [0, 0.05) is 12.1 Å². The summed E-state index contributed by atoms with van der Waals surface area (Å²) in [4.78, 5) is 0. The van der Waals surface area contributed by atoms with Gasteiger partial charge in [0.1, 0.15) is 18.5 Å². The van der Waals surface area contributed by atoms with Gasteiger partial charge in [-0.1, -0.05) is 23.7 Å². The van der Waals surface area contributed by atoms with E-state index in [-0.39, 0.29) is 23.9 Å². The van der Waals surface area contributed by atoms with Gasteiger partial charge in [0.25, 0.3) is 5.88 Å². The standard InChI is InChI=1S/C14H15ClN4O2/c1-20-6-5-19-13(17)12(8-16)14(18-19)21-9-10-3-2-4-11(15)7-10/h2-4,7H,5-6,9,17H2,1H3. The van der Waals surface area contributed by atoms with Gasteiger partial charge in [-0.2, -0.15) is 5.26 Å². The first-order valence-electron chi connectivity index (χ1n) is 6.28. The van der Waals surface area contributed by atoms with Crippen LogP contribution in [0.1, 0.15) is 11.1 Å². The Labute approximate surface area is 127 Å². The molecule has 1 aromatic carbocycles. The molecule has 2 N–H and O–H groups in total. The van der Waals surface area contributed by atoms with Gasteiger partial charge in [0.05, 0.1) is 13.2 Å². The third kappa shape index (κ3) is 3.66. The molecule has 1 heterocycles. The molecule has 0 aliphatic rings. The molecule has 0 atom stereocenters. The second-order valence-corrected chi connectivity index (χ2v) is 4.75. The maximum Gasteiger partial charge on any atom is 0.253 e. The van der Waals surface area contributed by atoms with Crippen molar-refractivity contribution in [1.82, 2.24) is 9.78 Å². The van der Waals surface area contributed by atoms with E-state index in [1.807, 2.05) is 18.2 Å². The predicted octanol–water partition coefficient (Wildman–Crippen LogP) is 2.22. The van der Waals surface area contributed by atoms with E-state index in [1.165, 1.54) is 4.68 Å². The second-order valence-electron chi connectivity index (χ2n) is 4.31. The summed E-state index contributed by atoms with van der Waals surface area (Å²) in [5.41, 5.74) is 6.99. The number of ether oxygens (including phenoxy) is 2. The lowest BCUT2D eigenvalue weighted by atomic mass is 10.2. The van der Waals surface area contributed by atoms with Crippen molar-refractivity contribution < 1.29 is 9.47 Å². The fourth-order valence-electron chi connectivity index (χ4n) is 1.78. The maximum atomic E-state index is 9.16. The molecule has 0 saturated heterocycles. The van der Waals surface area contributed by atoms with Crippen LogP contribution in [0, 0.1) is 11.3 Å². The van der Waals surface area contributed by atoms with Gasteiger partial charge in [-0.25, -0.2) is 4.68 Å². The number of benzene rings is 1. The Morgan fingerprint density at radius 3 is 2.95 bits per heavy atom. The Morgan fingerprint density at radius 1 is 1.48 bits per heavy atom. The minimum atomic E-state index is 0.214. The zero-order valence-electron chi connectivity index (χ0n) is 11.5. The van der Waals surface area contributed by atoms with Crippen LogP contribution in [0.3, 0.4) is 0 Å². The Bertz CT molecular complexity index is 663. The van der Waals surface area contributed by atoms with E-state index < -0.39 is 0 Å². The summed E-state index contributed by atoms with van der Waals surface area (Å²) in [6.07, 6.45) is 0. The molecule has 0 saturated carbocycles. The Hall–Kier alpha value is -2.23. The fraction of sp³-hybridized carbons (Fsp3) is 0.286. The van der Waals surface area contributed by atoms with Gasteiger partial charge in [0.15, 0.2) is 5.56 Å². The molecule has 0 unspecified atom stereocenters. The molecule has 21 heavy (non-hydrogen) atoms. The van der Waals surface area contributed by atoms with Crippen LogP contribution in [0.15, 0.2) is 24.3 Å². The Morgan fingerprint density at radius 2 is 2.29 bits per heavy atom. The smallest absolute Gasteiger partial charge is 0.253 e. The first-order chi connectivity index (χ1) is 10.2. The third-order valence-corrected chi connectivity index (χ3v) is 3.08. The first kappa shape index (κ1) is 15.2. The lowest BCUT2D eigenvalue weighted by Gasteiger charge is -2.04. The van der Waals surface area contributed by atoms with E-state index in [0.717, 1.165) is 5.56 Å². The molecule has 7 heteroatoms. The summed E-state index contributed by atoms with van der Waals surface area (Å²) < 4.78 is 12.0. The normalized spacial score (nSPS) is 10.3. The topological polar surface area (TPSA) is 86.1 Å². The monoisotopic (exact) mass is 306 g/mol. The molecule has 0 spiro atoms. The number of halogens is 1. The van der Waals surface area contributed by atoms with Gasteiger partial charge in [0.2, 0.25) is 0 Å². The molecule has 1 aromatic heterocycles. The number of rotatable bonds is 6. The molecule has 0 amide bonds. The summed E-state index contributed by atoms with van der Waals surface area (Å²) >= 11 is 5.91. The summed E-state index contributed by atoms with van der Waals surface area (Å²) in [5, 5.41) is 14.0. The van der Waals surface area contributed by atoms with E-state index in [9.17, 15) is 0 Å². The van der Waals surface area contributed by atoms with E-state index in [0.29, 0.717) is 18.2 Å². The van der Waals surface area contributed by atoms with E-state index >= 15 is 0 Å². The number of aromatic nitrogens is 2. The number of nitrogens with two attached hydrogens (primary N) is 1. The van der Waals surface area contributed by atoms with Crippen molar-refractivity contribution in [3.05, 3.63) is 40.4 Å². The Kier molecular flexibility index (Phi) is 5.04. The van der Waals surface area contributed by atoms with Crippen LogP contribution in [0.25, 0.3) is 0 Å². The minimum absolute atomic E-state index is 0.214. The molecule has 0 radical (unpaired) electrons. The third-order valence-electron chi connectivity index (χ3n) is 2.84. The van der Waals surface area contributed by atoms with E-state index in [4.69, 9.17) is 32.1 Å². The summed E-state index contributed by atoms with van der Waals surface area (Å²) in [7, 11) is 1.58. The minimum Gasteiger partial charge on any atom is -0.471 e.